The van der Waals surface area contributed by atoms with E-state index < -0.39 is 27.1 Å². The Morgan fingerprint density at radius 3 is 2.38 bits per heavy atom. The maximum atomic E-state index is 12.2. The number of nitrogens with two attached hydrogens (primary N) is 1. The number of nitrogens with one attached hydrogen (secondary N) is 1. The number of anilines is 1. The summed E-state index contributed by atoms with van der Waals surface area (Å²) in [6.07, 6.45) is 0. The number of sulfonamides is 1. The third kappa shape index (κ3) is 4.08. The van der Waals surface area contributed by atoms with Gasteiger partial charge in [0.15, 0.2) is 5.25 Å². The predicted molar refractivity (Wildman–Crippen MR) is 80.7 cm³/mol. The molecule has 0 bridgehead atoms. The maximum absolute atomic E-state index is 12.2. The summed E-state index contributed by atoms with van der Waals surface area (Å²) in [4.78, 5) is 24.2. The number of benzene rings is 1. The first kappa shape index (κ1) is 17.3. The minimum Gasteiger partial charge on any atom is -0.366 e. The summed E-state index contributed by atoms with van der Waals surface area (Å²) in [7, 11) is -1.12. The lowest BCUT2D eigenvalue weighted by molar-refractivity contribution is -0.127. The smallest absolute Gasteiger partial charge is 0.250 e. The van der Waals surface area contributed by atoms with Gasteiger partial charge in [-0.3, -0.25) is 14.3 Å². The minimum absolute atomic E-state index is 0.0229. The Bertz CT molecular complexity index is 673. The van der Waals surface area contributed by atoms with E-state index in [0.717, 1.165) is 0 Å². The molecule has 1 atom stereocenters. The fraction of sp³-hybridized carbons (Fsp3) is 0.333. The van der Waals surface area contributed by atoms with Crippen LogP contribution in [0.15, 0.2) is 18.2 Å². The Labute approximate surface area is 128 Å². The van der Waals surface area contributed by atoms with Crippen molar-refractivity contribution in [2.75, 3.05) is 18.8 Å². The molecule has 0 aromatic heterocycles. The van der Waals surface area contributed by atoms with Crippen LogP contribution in [0.4, 0.5) is 5.69 Å². The third-order valence-electron chi connectivity index (χ3n) is 2.75. The summed E-state index contributed by atoms with van der Waals surface area (Å²) in [5.41, 5.74) is 5.08. The molecule has 1 rings (SSSR count). The summed E-state index contributed by atoms with van der Waals surface area (Å²) in [5.74, 6) is -1.42. The van der Waals surface area contributed by atoms with Gasteiger partial charge >= 0.3 is 0 Å². The second-order valence-corrected chi connectivity index (χ2v) is 7.01. The van der Waals surface area contributed by atoms with Crippen molar-refractivity contribution in [1.29, 1.82) is 0 Å². The van der Waals surface area contributed by atoms with Gasteiger partial charge in [-0.25, -0.2) is 8.42 Å². The quantitative estimate of drug-likeness (QED) is 0.824. The predicted octanol–water partition coefficient (Wildman–Crippen LogP) is 0.657. The summed E-state index contributed by atoms with van der Waals surface area (Å²) in [6, 6.07) is 3.97. The molecule has 0 aliphatic heterocycles. The van der Waals surface area contributed by atoms with Gasteiger partial charge in [-0.1, -0.05) is 11.6 Å². The first-order chi connectivity index (χ1) is 9.56. The second-order valence-electron chi connectivity index (χ2n) is 4.58. The standard InChI is InChI=1S/C12H16ClN3O4S/c1-7(12(18)16(2)3)21(19,20)15-10-5-4-8(13)6-9(10)11(14)17/h4-7,15H,1-3H3,(H2,14,17)/t7-/m0/s1. The molecule has 1 aromatic rings. The van der Waals surface area contributed by atoms with E-state index >= 15 is 0 Å². The Morgan fingerprint density at radius 2 is 1.90 bits per heavy atom. The molecule has 0 unspecified atom stereocenters. The number of hydrogen-bond acceptors (Lipinski definition) is 4. The van der Waals surface area contributed by atoms with Crippen molar-refractivity contribution in [3.8, 4) is 0 Å². The first-order valence-electron chi connectivity index (χ1n) is 5.88. The molecule has 116 valence electrons. The molecule has 0 saturated carbocycles. The number of amides is 2. The number of primary amides is 1. The Balaban J connectivity index is 3.16. The number of carbonyl (C=O) groups excluding carboxylic acids is 2. The fourth-order valence-electron chi connectivity index (χ4n) is 1.55. The van der Waals surface area contributed by atoms with Gasteiger partial charge in [-0.2, -0.15) is 0 Å². The zero-order valence-electron chi connectivity index (χ0n) is 11.8. The van der Waals surface area contributed by atoms with Gasteiger partial charge in [0.2, 0.25) is 15.9 Å². The summed E-state index contributed by atoms with van der Waals surface area (Å²) in [5, 5.41) is -1.08. The second kappa shape index (κ2) is 6.31. The largest absolute Gasteiger partial charge is 0.366 e. The number of hydrogen-bond donors (Lipinski definition) is 2. The molecule has 1 aromatic carbocycles. The molecule has 9 heteroatoms. The monoisotopic (exact) mass is 333 g/mol. The molecule has 0 fully saturated rings. The summed E-state index contributed by atoms with van der Waals surface area (Å²) < 4.78 is 26.5. The van der Waals surface area contributed by atoms with E-state index in [1.54, 1.807) is 0 Å². The van der Waals surface area contributed by atoms with Gasteiger partial charge in [0.25, 0.3) is 5.91 Å². The molecular formula is C12H16ClN3O4S. The van der Waals surface area contributed by atoms with Crippen LogP contribution in [0.25, 0.3) is 0 Å². The average molecular weight is 334 g/mol. The molecule has 3 N–H and O–H groups in total. The topological polar surface area (TPSA) is 110 Å². The van der Waals surface area contributed by atoms with Crippen LogP contribution in [-0.4, -0.2) is 44.5 Å². The van der Waals surface area contributed by atoms with Crippen LogP contribution in [0, 0.1) is 0 Å². The highest BCUT2D eigenvalue weighted by molar-refractivity contribution is 7.94. The molecule has 0 spiro atoms. The molecule has 21 heavy (non-hydrogen) atoms. The minimum atomic E-state index is -4.02. The summed E-state index contributed by atoms with van der Waals surface area (Å²) in [6.45, 7) is 1.25. The highest BCUT2D eigenvalue weighted by Crippen LogP contribution is 2.22. The van der Waals surface area contributed by atoms with E-state index in [4.69, 9.17) is 17.3 Å². The normalized spacial score (nSPS) is 12.6. The molecule has 0 saturated heterocycles. The van der Waals surface area contributed by atoms with Crippen LogP contribution >= 0.6 is 11.6 Å². The number of halogens is 1. The summed E-state index contributed by atoms with van der Waals surface area (Å²) >= 11 is 5.74. The highest BCUT2D eigenvalue weighted by atomic mass is 35.5. The third-order valence-corrected chi connectivity index (χ3v) is 4.63. The SMILES string of the molecule is C[C@@H](C(=O)N(C)C)S(=O)(=O)Nc1ccc(Cl)cc1C(N)=O. The van der Waals surface area contributed by atoms with Crippen molar-refractivity contribution in [2.24, 2.45) is 5.73 Å². The lowest BCUT2D eigenvalue weighted by atomic mass is 10.2. The first-order valence-corrected chi connectivity index (χ1v) is 7.81. The molecule has 0 heterocycles. The van der Waals surface area contributed by atoms with Gasteiger partial charge in [-0.05, 0) is 25.1 Å². The highest BCUT2D eigenvalue weighted by Gasteiger charge is 2.30. The maximum Gasteiger partial charge on any atom is 0.250 e. The van der Waals surface area contributed by atoms with Gasteiger partial charge in [0.1, 0.15) is 0 Å². The van der Waals surface area contributed by atoms with E-state index in [2.05, 4.69) is 4.72 Å². The van der Waals surface area contributed by atoms with Crippen molar-refractivity contribution >= 4 is 39.1 Å². The average Bonchev–Trinajstić information content (AvgIpc) is 2.38. The zero-order chi connectivity index (χ0) is 16.4. The van der Waals surface area contributed by atoms with E-state index in [9.17, 15) is 18.0 Å². The Kier molecular flexibility index (Phi) is 5.19. The molecule has 0 radical (unpaired) electrons. The van der Waals surface area contributed by atoms with Crippen LogP contribution in [0.2, 0.25) is 5.02 Å². The van der Waals surface area contributed by atoms with Gasteiger partial charge in [0.05, 0.1) is 11.3 Å². The van der Waals surface area contributed by atoms with Crippen LogP contribution < -0.4 is 10.5 Å². The van der Waals surface area contributed by atoms with Crippen LogP contribution in [0.1, 0.15) is 17.3 Å². The Hall–Kier alpha value is -1.80. The Morgan fingerprint density at radius 1 is 1.33 bits per heavy atom. The van der Waals surface area contributed by atoms with Gasteiger partial charge in [0, 0.05) is 19.1 Å². The van der Waals surface area contributed by atoms with E-state index in [1.807, 2.05) is 0 Å². The zero-order valence-corrected chi connectivity index (χ0v) is 13.3. The lowest BCUT2D eigenvalue weighted by Gasteiger charge is -2.19. The molecule has 0 aliphatic carbocycles. The van der Waals surface area contributed by atoms with Crippen molar-refractivity contribution in [3.63, 3.8) is 0 Å². The van der Waals surface area contributed by atoms with E-state index in [0.29, 0.717) is 0 Å². The number of carbonyl (C=O) groups is 2. The van der Waals surface area contributed by atoms with E-state index in [1.165, 1.54) is 44.1 Å². The van der Waals surface area contributed by atoms with Crippen molar-refractivity contribution < 1.29 is 18.0 Å². The fourth-order valence-corrected chi connectivity index (χ4v) is 2.86. The van der Waals surface area contributed by atoms with Crippen molar-refractivity contribution in [3.05, 3.63) is 28.8 Å². The van der Waals surface area contributed by atoms with Gasteiger partial charge in [-0.15, -0.1) is 0 Å². The molecule has 7 nitrogen and oxygen atoms in total. The van der Waals surface area contributed by atoms with Crippen LogP contribution in [-0.2, 0) is 14.8 Å². The van der Waals surface area contributed by atoms with Crippen LogP contribution in [0.3, 0.4) is 0 Å². The number of nitrogens with zero attached hydrogens (tertiary/aromatic N) is 1. The molecular weight excluding hydrogens is 318 g/mol. The van der Waals surface area contributed by atoms with E-state index in [-0.39, 0.29) is 16.3 Å². The number of rotatable bonds is 5. The molecule has 2 amide bonds. The van der Waals surface area contributed by atoms with Crippen LogP contribution in [0.5, 0.6) is 0 Å². The van der Waals surface area contributed by atoms with Gasteiger partial charge < -0.3 is 10.6 Å². The molecule has 0 aliphatic rings. The lowest BCUT2D eigenvalue weighted by Crippen LogP contribution is -2.40. The van der Waals surface area contributed by atoms with Crippen molar-refractivity contribution in [1.82, 2.24) is 4.90 Å². The van der Waals surface area contributed by atoms with Crippen molar-refractivity contribution in [2.45, 2.75) is 12.2 Å².